The predicted octanol–water partition coefficient (Wildman–Crippen LogP) is 3.50. The fraction of sp³-hybridized carbons (Fsp3) is 0.167. The van der Waals surface area contributed by atoms with Crippen LogP contribution in [0.1, 0.15) is 0 Å². The summed E-state index contributed by atoms with van der Waals surface area (Å²) in [6, 6.07) is 7.79. The van der Waals surface area contributed by atoms with E-state index in [-0.39, 0.29) is 0 Å². The molecule has 2 nitrogen and oxygen atoms in total. The van der Waals surface area contributed by atoms with E-state index in [9.17, 15) is 0 Å². The monoisotopic (exact) mass is 221 g/mol. The smallest absolute Gasteiger partial charge is 0.119 e. The molecule has 0 heterocycles. The van der Waals surface area contributed by atoms with Gasteiger partial charge in [-0.3, -0.25) is 0 Å². The van der Waals surface area contributed by atoms with Gasteiger partial charge in [0.05, 0.1) is 7.11 Å². The molecule has 0 amide bonds. The topological polar surface area (TPSA) is 21.3 Å². The number of ether oxygens (including phenoxy) is 1. The van der Waals surface area contributed by atoms with Gasteiger partial charge in [0, 0.05) is 11.4 Å². The number of methoxy groups -OCH3 is 1. The van der Waals surface area contributed by atoms with Crippen LogP contribution in [0.3, 0.4) is 0 Å². The summed E-state index contributed by atoms with van der Waals surface area (Å²) in [7, 11) is 1.66. The van der Waals surface area contributed by atoms with Crippen molar-refractivity contribution < 1.29 is 4.74 Å². The number of rotatable bonds is 6. The Labute approximate surface area is 95.2 Å². The molecular formula is C12H15NOS. The largest absolute Gasteiger partial charge is 0.497 e. The van der Waals surface area contributed by atoms with Crippen molar-refractivity contribution in [1.29, 1.82) is 0 Å². The average molecular weight is 221 g/mol. The number of hydrogen-bond donors (Lipinski definition) is 1. The van der Waals surface area contributed by atoms with Crippen LogP contribution in [0.15, 0.2) is 49.1 Å². The number of nitrogens with one attached hydrogen (secondary N) is 1. The van der Waals surface area contributed by atoms with E-state index in [1.807, 2.05) is 24.3 Å². The van der Waals surface area contributed by atoms with Gasteiger partial charge in [0.25, 0.3) is 0 Å². The molecule has 1 aromatic rings. The summed E-state index contributed by atoms with van der Waals surface area (Å²) in [5.74, 6) is 1.69. The molecule has 0 fully saturated rings. The maximum absolute atomic E-state index is 5.07. The van der Waals surface area contributed by atoms with Crippen LogP contribution in [-0.2, 0) is 0 Å². The van der Waals surface area contributed by atoms with E-state index in [1.165, 1.54) is 0 Å². The summed E-state index contributed by atoms with van der Waals surface area (Å²) < 4.78 is 8.28. The van der Waals surface area contributed by atoms with Crippen molar-refractivity contribution in [3.05, 3.63) is 49.1 Å². The van der Waals surface area contributed by atoms with E-state index >= 15 is 0 Å². The minimum absolute atomic E-state index is 0.829. The van der Waals surface area contributed by atoms with Crippen LogP contribution in [-0.4, -0.2) is 12.9 Å². The molecule has 15 heavy (non-hydrogen) atoms. The molecule has 0 aliphatic heterocycles. The van der Waals surface area contributed by atoms with Gasteiger partial charge in [0.2, 0.25) is 0 Å². The molecule has 0 radical (unpaired) electrons. The van der Waals surface area contributed by atoms with Crippen LogP contribution in [0.2, 0.25) is 0 Å². The second-order valence-corrected chi connectivity index (χ2v) is 3.76. The Morgan fingerprint density at radius 3 is 2.67 bits per heavy atom. The molecule has 1 N–H and O–H groups in total. The summed E-state index contributed by atoms with van der Waals surface area (Å²) in [6.07, 6.45) is 1.77. The molecule has 80 valence electrons. The van der Waals surface area contributed by atoms with E-state index in [1.54, 1.807) is 25.1 Å². The van der Waals surface area contributed by atoms with Gasteiger partial charge >= 0.3 is 0 Å². The number of allylic oxidation sites excluding steroid dienone is 1. The van der Waals surface area contributed by atoms with Gasteiger partial charge in [-0.05, 0) is 41.8 Å². The van der Waals surface area contributed by atoms with Gasteiger partial charge in [0.15, 0.2) is 0 Å². The quantitative estimate of drug-likeness (QED) is 0.587. The molecule has 0 unspecified atom stereocenters. The zero-order valence-electron chi connectivity index (χ0n) is 8.82. The van der Waals surface area contributed by atoms with E-state index < -0.39 is 0 Å². The van der Waals surface area contributed by atoms with Crippen molar-refractivity contribution in [1.82, 2.24) is 0 Å². The minimum atomic E-state index is 0.829. The first-order chi connectivity index (χ1) is 7.26. The molecule has 0 aliphatic carbocycles. The Morgan fingerprint density at radius 1 is 1.47 bits per heavy atom. The molecule has 0 spiro atoms. The van der Waals surface area contributed by atoms with Crippen LogP contribution in [0.4, 0.5) is 5.69 Å². The maximum atomic E-state index is 5.07. The summed E-state index contributed by atoms with van der Waals surface area (Å²) >= 11 is 1.59. The van der Waals surface area contributed by atoms with Crippen molar-refractivity contribution in [2.45, 2.75) is 0 Å². The fourth-order valence-corrected chi connectivity index (χ4v) is 1.61. The van der Waals surface area contributed by atoms with Crippen LogP contribution in [0, 0.1) is 0 Å². The van der Waals surface area contributed by atoms with Crippen molar-refractivity contribution in [3.63, 3.8) is 0 Å². The lowest BCUT2D eigenvalue weighted by atomic mass is 10.3. The first-order valence-electron chi connectivity index (χ1n) is 4.58. The Balaban J connectivity index is 2.37. The predicted molar refractivity (Wildman–Crippen MR) is 68.4 cm³/mol. The van der Waals surface area contributed by atoms with E-state index in [4.69, 9.17) is 4.74 Å². The number of benzene rings is 1. The zero-order chi connectivity index (χ0) is 11.1. The highest BCUT2D eigenvalue weighted by Crippen LogP contribution is 2.18. The van der Waals surface area contributed by atoms with E-state index in [2.05, 4.69) is 17.9 Å². The van der Waals surface area contributed by atoms with Crippen molar-refractivity contribution >= 4 is 17.6 Å². The molecule has 1 aromatic carbocycles. The molecule has 0 saturated heterocycles. The lowest BCUT2D eigenvalue weighted by Crippen LogP contribution is -1.90. The number of hydrogen-bond acceptors (Lipinski definition) is 3. The first kappa shape index (κ1) is 11.7. The summed E-state index contributed by atoms with van der Waals surface area (Å²) in [6.45, 7) is 7.48. The zero-order valence-corrected chi connectivity index (χ0v) is 9.64. The third kappa shape index (κ3) is 4.13. The highest BCUT2D eigenvalue weighted by Gasteiger charge is 1.94. The standard InChI is InChI=1S/C12H15NOS/c1-4-10(2)9-15-13-11-5-7-12(14-3)8-6-11/h4-8,13H,1-2,9H2,3H3. The maximum Gasteiger partial charge on any atom is 0.119 e. The molecule has 0 bridgehead atoms. The molecule has 0 aliphatic rings. The molecule has 0 saturated carbocycles. The summed E-state index contributed by atoms with van der Waals surface area (Å²) in [5.41, 5.74) is 2.07. The highest BCUT2D eigenvalue weighted by molar-refractivity contribution is 8.00. The summed E-state index contributed by atoms with van der Waals surface area (Å²) in [4.78, 5) is 0. The Morgan fingerprint density at radius 2 is 2.13 bits per heavy atom. The lowest BCUT2D eigenvalue weighted by molar-refractivity contribution is 0.415. The third-order valence-electron chi connectivity index (χ3n) is 1.83. The highest BCUT2D eigenvalue weighted by atomic mass is 32.2. The SMILES string of the molecule is C=CC(=C)CSNc1ccc(OC)cc1. The fourth-order valence-electron chi connectivity index (χ4n) is 0.930. The Bertz CT molecular complexity index is 332. The van der Waals surface area contributed by atoms with Crippen LogP contribution in [0.25, 0.3) is 0 Å². The molecule has 1 rings (SSSR count). The third-order valence-corrected chi connectivity index (χ3v) is 2.72. The Hall–Kier alpha value is -1.35. The molecule has 0 aromatic heterocycles. The van der Waals surface area contributed by atoms with Crippen molar-refractivity contribution in [2.75, 3.05) is 17.6 Å². The molecule has 0 atom stereocenters. The summed E-state index contributed by atoms with van der Waals surface area (Å²) in [5, 5.41) is 0. The average Bonchev–Trinajstić information content (AvgIpc) is 2.29. The second-order valence-electron chi connectivity index (χ2n) is 2.98. The van der Waals surface area contributed by atoms with Crippen LogP contribution < -0.4 is 9.46 Å². The minimum Gasteiger partial charge on any atom is -0.497 e. The molecule has 3 heteroatoms. The van der Waals surface area contributed by atoms with Gasteiger partial charge < -0.3 is 9.46 Å². The first-order valence-corrected chi connectivity index (χ1v) is 5.57. The van der Waals surface area contributed by atoms with Crippen molar-refractivity contribution in [2.24, 2.45) is 0 Å². The van der Waals surface area contributed by atoms with Gasteiger partial charge in [-0.15, -0.1) is 0 Å². The van der Waals surface area contributed by atoms with Crippen LogP contribution in [0.5, 0.6) is 5.75 Å². The van der Waals surface area contributed by atoms with Gasteiger partial charge in [-0.25, -0.2) is 0 Å². The lowest BCUT2D eigenvalue weighted by Gasteiger charge is -2.06. The van der Waals surface area contributed by atoms with Crippen molar-refractivity contribution in [3.8, 4) is 5.75 Å². The van der Waals surface area contributed by atoms with Crippen LogP contribution >= 0.6 is 11.9 Å². The van der Waals surface area contributed by atoms with E-state index in [0.717, 1.165) is 22.8 Å². The van der Waals surface area contributed by atoms with Gasteiger partial charge in [-0.1, -0.05) is 19.2 Å². The Kier molecular flexibility index (Phi) is 4.84. The normalized spacial score (nSPS) is 9.40. The van der Waals surface area contributed by atoms with E-state index in [0.29, 0.717) is 0 Å². The molecular weight excluding hydrogens is 206 g/mol. The number of anilines is 1. The van der Waals surface area contributed by atoms with Gasteiger partial charge in [0.1, 0.15) is 5.75 Å². The van der Waals surface area contributed by atoms with Gasteiger partial charge in [-0.2, -0.15) is 0 Å². The second kappa shape index (κ2) is 6.19.